The molecule has 0 saturated carbocycles. The first-order valence-electron chi connectivity index (χ1n) is 18.7. The van der Waals surface area contributed by atoms with E-state index in [-0.39, 0.29) is 0 Å². The second-order valence-corrected chi connectivity index (χ2v) is 14.2. The highest BCUT2D eigenvalue weighted by molar-refractivity contribution is 6.04. The Labute approximate surface area is 322 Å². The first kappa shape index (κ1) is 31.9. The topological polar surface area (TPSA) is 64.5 Å². The quantitative estimate of drug-likeness (QED) is 0.166. The van der Waals surface area contributed by atoms with Crippen molar-refractivity contribution < 1.29 is 0 Å². The lowest BCUT2D eigenvalue weighted by Crippen LogP contribution is -1.91. The third-order valence-corrected chi connectivity index (χ3v) is 10.6. The van der Waals surface area contributed by atoms with Gasteiger partial charge in [-0.3, -0.25) is 4.98 Å². The Balaban J connectivity index is 0.931. The molecular weight excluding hydrogens is 683 g/mol. The van der Waals surface area contributed by atoms with E-state index in [2.05, 4.69) is 151 Å². The van der Waals surface area contributed by atoms with Gasteiger partial charge < -0.3 is 0 Å². The second-order valence-electron chi connectivity index (χ2n) is 14.2. The molecule has 0 radical (unpaired) electrons. The fourth-order valence-corrected chi connectivity index (χ4v) is 7.66. The predicted octanol–water partition coefficient (Wildman–Crippen LogP) is 12.8. The van der Waals surface area contributed by atoms with Gasteiger partial charge in [-0.25, -0.2) is 19.9 Å². The SMILES string of the molecule is c1ccc(-c2ccc3ccc4ccc(-c5cccc(-c6ccc7ccc(-c8ccc9ccc(-c%10cnc%11ccccc%11c%10)nc9c8)nc7c6)c5)nc4c3n2)cc1. The fraction of sp³-hybridized carbons (Fsp3) is 0. The van der Waals surface area contributed by atoms with E-state index in [1.54, 1.807) is 0 Å². The van der Waals surface area contributed by atoms with Crippen LogP contribution in [0.2, 0.25) is 0 Å². The maximum absolute atomic E-state index is 5.21. The van der Waals surface area contributed by atoms with Crippen molar-refractivity contribution in [2.45, 2.75) is 0 Å². The Kier molecular flexibility index (Phi) is 7.42. The molecule has 0 aliphatic heterocycles. The summed E-state index contributed by atoms with van der Waals surface area (Å²) in [5.41, 5.74) is 14.6. The molecule has 0 saturated heterocycles. The van der Waals surface area contributed by atoms with E-state index in [9.17, 15) is 0 Å². The molecule has 6 aromatic carbocycles. The molecule has 0 aliphatic carbocycles. The molecule has 5 nitrogen and oxygen atoms in total. The summed E-state index contributed by atoms with van der Waals surface area (Å²) in [6.07, 6.45) is 1.90. The van der Waals surface area contributed by atoms with Gasteiger partial charge in [-0.05, 0) is 65.7 Å². The summed E-state index contributed by atoms with van der Waals surface area (Å²) in [7, 11) is 0. The number of aromatic nitrogens is 5. The van der Waals surface area contributed by atoms with E-state index < -0.39 is 0 Å². The Bertz CT molecular complexity index is 3320. The highest BCUT2D eigenvalue weighted by Gasteiger charge is 2.12. The maximum atomic E-state index is 5.21. The Morgan fingerprint density at radius 3 is 1.46 bits per heavy atom. The van der Waals surface area contributed by atoms with Crippen molar-refractivity contribution in [3.05, 3.63) is 188 Å². The van der Waals surface area contributed by atoms with Gasteiger partial charge >= 0.3 is 0 Å². The molecule has 0 atom stereocenters. The summed E-state index contributed by atoms with van der Waals surface area (Å²) >= 11 is 0. The van der Waals surface area contributed by atoms with Crippen LogP contribution in [0, 0.1) is 0 Å². The number of benzene rings is 6. The summed E-state index contributed by atoms with van der Waals surface area (Å²) in [6.45, 7) is 0. The number of nitrogens with zero attached hydrogens (tertiary/aromatic N) is 5. The van der Waals surface area contributed by atoms with Crippen LogP contribution in [0.15, 0.2) is 188 Å². The van der Waals surface area contributed by atoms with Gasteiger partial charge in [0.1, 0.15) is 0 Å². The number of para-hydroxylation sites is 1. The molecule has 0 bridgehead atoms. The van der Waals surface area contributed by atoms with Crippen molar-refractivity contribution in [3.8, 4) is 56.2 Å². The van der Waals surface area contributed by atoms with Crippen molar-refractivity contribution in [3.63, 3.8) is 0 Å². The Hall–Kier alpha value is -7.63. The van der Waals surface area contributed by atoms with Gasteiger partial charge in [-0.1, -0.05) is 127 Å². The largest absolute Gasteiger partial charge is 0.256 e. The molecule has 0 aliphatic rings. The van der Waals surface area contributed by atoms with Crippen LogP contribution in [0.4, 0.5) is 0 Å². The van der Waals surface area contributed by atoms with Crippen LogP contribution < -0.4 is 0 Å². The minimum Gasteiger partial charge on any atom is -0.256 e. The van der Waals surface area contributed by atoms with E-state index in [1.807, 2.05) is 42.6 Å². The second kappa shape index (κ2) is 13.0. The zero-order valence-corrected chi connectivity index (χ0v) is 30.1. The number of fused-ring (bicyclic) bond motifs is 6. The van der Waals surface area contributed by atoms with Crippen LogP contribution in [0.3, 0.4) is 0 Å². The lowest BCUT2D eigenvalue weighted by molar-refractivity contribution is 1.35. The maximum Gasteiger partial charge on any atom is 0.0972 e. The van der Waals surface area contributed by atoms with Crippen molar-refractivity contribution in [1.82, 2.24) is 24.9 Å². The molecule has 260 valence electrons. The van der Waals surface area contributed by atoms with Crippen LogP contribution in [0.1, 0.15) is 0 Å². The monoisotopic (exact) mass is 713 g/mol. The van der Waals surface area contributed by atoms with Gasteiger partial charge in [0.2, 0.25) is 0 Å². The highest BCUT2D eigenvalue weighted by atomic mass is 14.8. The summed E-state index contributed by atoms with van der Waals surface area (Å²) < 4.78 is 0. The smallest absolute Gasteiger partial charge is 0.0972 e. The molecule has 0 fully saturated rings. The van der Waals surface area contributed by atoms with E-state index in [0.29, 0.717) is 0 Å². The number of pyridine rings is 5. The fourth-order valence-electron chi connectivity index (χ4n) is 7.66. The third kappa shape index (κ3) is 5.70. The third-order valence-electron chi connectivity index (χ3n) is 10.6. The normalized spacial score (nSPS) is 11.6. The van der Waals surface area contributed by atoms with Gasteiger partial charge in [0.25, 0.3) is 0 Å². The van der Waals surface area contributed by atoms with E-state index >= 15 is 0 Å². The minimum atomic E-state index is 0.896. The summed E-state index contributed by atoms with van der Waals surface area (Å²) in [6, 6.07) is 63.2. The van der Waals surface area contributed by atoms with E-state index in [1.165, 1.54) is 0 Å². The lowest BCUT2D eigenvalue weighted by Gasteiger charge is -2.10. The van der Waals surface area contributed by atoms with Crippen molar-refractivity contribution >= 4 is 54.5 Å². The Morgan fingerprint density at radius 1 is 0.250 bits per heavy atom. The highest BCUT2D eigenvalue weighted by Crippen LogP contribution is 2.33. The molecule has 11 aromatic rings. The van der Waals surface area contributed by atoms with Gasteiger partial charge in [0, 0.05) is 55.4 Å². The molecular formula is C51H31N5. The van der Waals surface area contributed by atoms with Crippen LogP contribution in [-0.2, 0) is 0 Å². The number of hydrogen-bond acceptors (Lipinski definition) is 5. The predicted molar refractivity (Wildman–Crippen MR) is 230 cm³/mol. The molecule has 0 spiro atoms. The Morgan fingerprint density at radius 2 is 0.732 bits per heavy atom. The molecule has 5 aromatic heterocycles. The van der Waals surface area contributed by atoms with E-state index in [4.69, 9.17) is 19.9 Å². The molecule has 11 rings (SSSR count). The molecule has 0 unspecified atom stereocenters. The van der Waals surface area contributed by atoms with Crippen molar-refractivity contribution in [1.29, 1.82) is 0 Å². The van der Waals surface area contributed by atoms with Crippen LogP contribution >= 0.6 is 0 Å². The van der Waals surface area contributed by atoms with E-state index in [0.717, 1.165) is 111 Å². The molecule has 0 N–H and O–H groups in total. The first-order valence-corrected chi connectivity index (χ1v) is 18.7. The standard InChI is InChI=1S/C51H31N5/c1-2-7-32(8-3-1)44-25-21-35-15-16-36-22-26-46(56-51(36)50(35)55-44)40-11-6-10-37(27-40)38-17-13-33-19-23-45(53-48(33)29-38)41-18-14-34-20-24-47(54-49(34)30-41)42-28-39-9-4-5-12-43(39)52-31-42/h1-31H. The van der Waals surface area contributed by atoms with Crippen molar-refractivity contribution in [2.75, 3.05) is 0 Å². The molecule has 5 heteroatoms. The summed E-state index contributed by atoms with van der Waals surface area (Å²) in [4.78, 5) is 25.2. The number of rotatable bonds is 5. The zero-order chi connectivity index (χ0) is 37.0. The van der Waals surface area contributed by atoms with Gasteiger partial charge in [-0.2, -0.15) is 0 Å². The molecule has 5 heterocycles. The molecule has 0 amide bonds. The number of hydrogen-bond donors (Lipinski definition) is 0. The van der Waals surface area contributed by atoms with Gasteiger partial charge in [0.15, 0.2) is 0 Å². The van der Waals surface area contributed by atoms with Gasteiger partial charge in [0.05, 0.1) is 50.4 Å². The first-order chi connectivity index (χ1) is 27.7. The summed E-state index contributed by atoms with van der Waals surface area (Å²) in [5.74, 6) is 0. The van der Waals surface area contributed by atoms with Crippen LogP contribution in [-0.4, -0.2) is 24.9 Å². The molecule has 56 heavy (non-hydrogen) atoms. The lowest BCUT2D eigenvalue weighted by atomic mass is 9.99. The van der Waals surface area contributed by atoms with Gasteiger partial charge in [-0.15, -0.1) is 0 Å². The minimum absolute atomic E-state index is 0.896. The van der Waals surface area contributed by atoms with Crippen LogP contribution in [0.5, 0.6) is 0 Å². The van der Waals surface area contributed by atoms with Crippen LogP contribution in [0.25, 0.3) is 111 Å². The van der Waals surface area contributed by atoms with Crippen molar-refractivity contribution in [2.24, 2.45) is 0 Å². The summed E-state index contributed by atoms with van der Waals surface area (Å²) in [5, 5.41) is 5.40. The average molecular weight is 714 g/mol. The average Bonchev–Trinajstić information content (AvgIpc) is 3.28. The zero-order valence-electron chi connectivity index (χ0n) is 30.1.